The van der Waals surface area contributed by atoms with Crippen molar-refractivity contribution in [1.29, 1.82) is 5.26 Å². The number of nitrogens with zero attached hydrogens (tertiary/aromatic N) is 5. The molecule has 246 valence electrons. The van der Waals surface area contributed by atoms with Crippen molar-refractivity contribution >= 4 is 65.4 Å². The lowest BCUT2D eigenvalue weighted by Crippen LogP contribution is -2.05. The highest BCUT2D eigenvalue weighted by Crippen LogP contribution is 2.40. The van der Waals surface area contributed by atoms with Crippen molar-refractivity contribution in [2.45, 2.75) is 0 Å². The van der Waals surface area contributed by atoms with Crippen LogP contribution in [0.25, 0.3) is 93.9 Å². The quantitative estimate of drug-likeness (QED) is 0.186. The average molecular weight is 676 g/mol. The third-order valence-corrected chi connectivity index (χ3v) is 10.7. The molecule has 0 aliphatic rings. The highest BCUT2D eigenvalue weighted by Gasteiger charge is 2.21. The fourth-order valence-electron chi connectivity index (χ4n) is 8.44. The van der Waals surface area contributed by atoms with Crippen LogP contribution in [0.15, 0.2) is 176 Å². The Bertz CT molecular complexity index is 3020. The van der Waals surface area contributed by atoms with Gasteiger partial charge in [0.2, 0.25) is 0 Å². The maximum Gasteiger partial charge on any atom is 0.140 e. The van der Waals surface area contributed by atoms with Gasteiger partial charge in [0.05, 0.1) is 50.4 Å². The summed E-state index contributed by atoms with van der Waals surface area (Å²) in [5.74, 6) is 1.60. The second-order valence-corrected chi connectivity index (χ2v) is 13.5. The topological polar surface area (TPSA) is 51.5 Å². The molecule has 0 atom stereocenters. The van der Waals surface area contributed by atoms with Gasteiger partial charge in [-0.3, -0.25) is 9.13 Å². The maximum absolute atomic E-state index is 10.3. The Labute approximate surface area is 304 Å². The van der Waals surface area contributed by atoms with E-state index in [0.29, 0.717) is 5.56 Å². The highest BCUT2D eigenvalue weighted by molar-refractivity contribution is 6.11. The number of pyridine rings is 1. The number of nitriles is 1. The predicted molar refractivity (Wildman–Crippen MR) is 217 cm³/mol. The van der Waals surface area contributed by atoms with Crippen LogP contribution in [0, 0.1) is 11.3 Å². The summed E-state index contributed by atoms with van der Waals surface area (Å²) in [7, 11) is 0. The molecule has 0 saturated heterocycles. The molecule has 0 radical (unpaired) electrons. The van der Waals surface area contributed by atoms with E-state index >= 15 is 0 Å². The van der Waals surface area contributed by atoms with Gasteiger partial charge in [-0.1, -0.05) is 109 Å². The molecule has 11 rings (SSSR count). The molecule has 11 aromatic rings. The number of rotatable bonds is 4. The van der Waals surface area contributed by atoms with Gasteiger partial charge < -0.3 is 4.57 Å². The zero-order valence-electron chi connectivity index (χ0n) is 28.5. The van der Waals surface area contributed by atoms with Gasteiger partial charge in [0.15, 0.2) is 0 Å². The molecule has 0 aliphatic carbocycles. The molecule has 4 aromatic heterocycles. The van der Waals surface area contributed by atoms with E-state index in [1.165, 1.54) is 32.3 Å². The third kappa shape index (κ3) is 4.27. The van der Waals surface area contributed by atoms with Gasteiger partial charge in [-0.15, -0.1) is 0 Å². The molecule has 0 spiro atoms. The third-order valence-electron chi connectivity index (χ3n) is 10.7. The highest BCUT2D eigenvalue weighted by atomic mass is 15.1. The van der Waals surface area contributed by atoms with Crippen molar-refractivity contribution in [3.05, 3.63) is 181 Å². The Kier molecular flexibility index (Phi) is 6.25. The molecule has 0 N–H and O–H groups in total. The van der Waals surface area contributed by atoms with Crippen molar-refractivity contribution in [3.8, 4) is 34.5 Å². The predicted octanol–water partition coefficient (Wildman–Crippen LogP) is 11.9. The van der Waals surface area contributed by atoms with Crippen molar-refractivity contribution in [3.63, 3.8) is 0 Å². The molecule has 0 amide bonds. The molecular weight excluding hydrogens is 647 g/mol. The van der Waals surface area contributed by atoms with Crippen LogP contribution < -0.4 is 0 Å². The molecule has 5 heteroatoms. The van der Waals surface area contributed by atoms with E-state index in [0.717, 1.165) is 61.6 Å². The summed E-state index contributed by atoms with van der Waals surface area (Å²) in [5, 5.41) is 17.3. The first-order chi connectivity index (χ1) is 26.3. The molecular formula is C48H29N5. The van der Waals surface area contributed by atoms with E-state index in [1.807, 2.05) is 12.1 Å². The summed E-state index contributed by atoms with van der Waals surface area (Å²) in [4.78, 5) is 5.53. The molecule has 0 unspecified atom stereocenters. The van der Waals surface area contributed by atoms with Crippen LogP contribution in [0.4, 0.5) is 0 Å². The van der Waals surface area contributed by atoms with Crippen LogP contribution in [0.2, 0.25) is 0 Å². The molecule has 7 aromatic carbocycles. The average Bonchev–Trinajstić information content (AvgIpc) is 3.86. The fraction of sp³-hybridized carbons (Fsp3) is 0. The zero-order chi connectivity index (χ0) is 35.0. The summed E-state index contributed by atoms with van der Waals surface area (Å²) in [6, 6.07) is 64.1. The van der Waals surface area contributed by atoms with E-state index in [2.05, 4.69) is 184 Å². The fourth-order valence-corrected chi connectivity index (χ4v) is 8.44. The van der Waals surface area contributed by atoms with Crippen molar-refractivity contribution in [1.82, 2.24) is 18.7 Å². The maximum atomic E-state index is 10.3. The molecule has 53 heavy (non-hydrogen) atoms. The van der Waals surface area contributed by atoms with Gasteiger partial charge in [0.1, 0.15) is 11.6 Å². The van der Waals surface area contributed by atoms with Crippen LogP contribution in [0.5, 0.6) is 0 Å². The van der Waals surface area contributed by atoms with Crippen LogP contribution in [0.3, 0.4) is 0 Å². The molecule has 5 nitrogen and oxygen atoms in total. The Balaban J connectivity index is 1.29. The number of hydrogen-bond acceptors (Lipinski definition) is 2. The van der Waals surface area contributed by atoms with Gasteiger partial charge >= 0.3 is 0 Å². The first-order valence-electron chi connectivity index (χ1n) is 17.8. The second kappa shape index (κ2) is 11.3. The smallest absolute Gasteiger partial charge is 0.140 e. The normalized spacial score (nSPS) is 11.8. The zero-order valence-corrected chi connectivity index (χ0v) is 28.5. The monoisotopic (exact) mass is 675 g/mol. The summed E-state index contributed by atoms with van der Waals surface area (Å²) < 4.78 is 6.89. The molecule has 0 bridgehead atoms. The summed E-state index contributed by atoms with van der Waals surface area (Å²) >= 11 is 0. The van der Waals surface area contributed by atoms with Crippen LogP contribution in [-0.2, 0) is 0 Å². The Morgan fingerprint density at radius 3 is 1.08 bits per heavy atom. The Morgan fingerprint density at radius 2 is 0.717 bits per heavy atom. The van der Waals surface area contributed by atoms with E-state index < -0.39 is 0 Å². The van der Waals surface area contributed by atoms with Crippen LogP contribution in [0.1, 0.15) is 5.56 Å². The van der Waals surface area contributed by atoms with E-state index in [1.54, 1.807) is 0 Å². The van der Waals surface area contributed by atoms with Crippen molar-refractivity contribution in [2.75, 3.05) is 0 Å². The second-order valence-electron chi connectivity index (χ2n) is 13.5. The summed E-state index contributed by atoms with van der Waals surface area (Å²) in [6.07, 6.45) is 0. The van der Waals surface area contributed by atoms with E-state index in [-0.39, 0.29) is 0 Å². The van der Waals surface area contributed by atoms with E-state index in [4.69, 9.17) is 4.98 Å². The van der Waals surface area contributed by atoms with Gasteiger partial charge in [-0.2, -0.15) is 5.26 Å². The van der Waals surface area contributed by atoms with Crippen LogP contribution in [-0.4, -0.2) is 18.7 Å². The summed E-state index contributed by atoms with van der Waals surface area (Å²) in [6.45, 7) is 0. The van der Waals surface area contributed by atoms with Crippen molar-refractivity contribution < 1.29 is 0 Å². The Morgan fingerprint density at radius 1 is 0.377 bits per heavy atom. The lowest BCUT2D eigenvalue weighted by Gasteiger charge is -2.18. The number of fused-ring (bicyclic) bond motifs is 9. The van der Waals surface area contributed by atoms with Crippen LogP contribution >= 0.6 is 0 Å². The minimum Gasteiger partial charge on any atom is -0.309 e. The van der Waals surface area contributed by atoms with E-state index in [9.17, 15) is 5.26 Å². The van der Waals surface area contributed by atoms with Gasteiger partial charge in [-0.05, 0) is 72.3 Å². The first-order valence-corrected chi connectivity index (χ1v) is 17.8. The lowest BCUT2D eigenvalue weighted by atomic mass is 10.0. The Hall–Kier alpha value is -7.42. The number of hydrogen-bond donors (Lipinski definition) is 0. The summed E-state index contributed by atoms with van der Waals surface area (Å²) in [5.41, 5.74) is 10.1. The lowest BCUT2D eigenvalue weighted by molar-refractivity contribution is 1.01. The molecule has 0 aliphatic heterocycles. The number of aromatic nitrogens is 4. The molecule has 4 heterocycles. The minimum atomic E-state index is 0.596. The van der Waals surface area contributed by atoms with Crippen molar-refractivity contribution in [2.24, 2.45) is 0 Å². The minimum absolute atomic E-state index is 0.596. The van der Waals surface area contributed by atoms with Gasteiger partial charge in [0.25, 0.3) is 0 Å². The first kappa shape index (κ1) is 29.3. The largest absolute Gasteiger partial charge is 0.309 e. The SMILES string of the molecule is N#Cc1ccc(-n2c3ccccc3c3ccccc32)c(-c2cc(-n3c4ccccc4c4ccccc43)nc(-n3c4ccccc4c4ccccc43)c2)c1. The standard InChI is InChI=1S/C48H29N5/c49-30-31-25-26-46(51-40-19-7-1-13-33(40)34-14-2-8-20-41(34)51)39(27-31)32-28-47(52-42-21-9-3-15-35(42)36-16-4-10-22-43(36)52)50-48(29-32)53-44-23-11-5-17-37(44)38-18-6-12-24-45(38)53/h1-29H. The molecule has 0 saturated carbocycles. The van der Waals surface area contributed by atoms with Gasteiger partial charge in [0, 0.05) is 37.9 Å². The number of para-hydroxylation sites is 6. The van der Waals surface area contributed by atoms with Gasteiger partial charge in [-0.25, -0.2) is 4.98 Å². The molecule has 0 fully saturated rings. The number of benzene rings is 7.